The number of carbonyl (C=O) groups is 4. The first-order valence-electron chi connectivity index (χ1n) is 6.48. The Morgan fingerprint density at radius 2 is 1.38 bits per heavy atom. The lowest BCUT2D eigenvalue weighted by atomic mass is 10.3. The van der Waals surface area contributed by atoms with Crippen LogP contribution in [0.15, 0.2) is 0 Å². The highest BCUT2D eigenvalue weighted by Crippen LogP contribution is 2.08. The summed E-state index contributed by atoms with van der Waals surface area (Å²) in [6.07, 6.45) is 0.105. The van der Waals surface area contributed by atoms with Crippen LogP contribution >= 0.6 is 23.5 Å². The SMILES string of the molecule is COC(=O)CCC(=O)N(CCSC(C)=O)CCSC(C)=O. The van der Waals surface area contributed by atoms with Crippen LogP contribution in [0, 0.1) is 0 Å². The molecule has 120 valence electrons. The molecule has 6 nitrogen and oxygen atoms in total. The second-order valence-corrected chi connectivity index (χ2v) is 6.68. The summed E-state index contributed by atoms with van der Waals surface area (Å²) in [7, 11) is 1.28. The van der Waals surface area contributed by atoms with E-state index in [1.54, 1.807) is 4.90 Å². The molecule has 0 aliphatic rings. The molecule has 0 bridgehead atoms. The molecule has 1 amide bonds. The quantitative estimate of drug-likeness (QED) is 0.588. The third-order valence-corrected chi connectivity index (χ3v) is 4.04. The van der Waals surface area contributed by atoms with Crippen molar-refractivity contribution in [3.8, 4) is 0 Å². The van der Waals surface area contributed by atoms with Crippen LogP contribution in [0.3, 0.4) is 0 Å². The van der Waals surface area contributed by atoms with Gasteiger partial charge in [0.25, 0.3) is 0 Å². The Hall–Kier alpha value is -1.02. The number of hydrogen-bond acceptors (Lipinski definition) is 7. The van der Waals surface area contributed by atoms with Crippen molar-refractivity contribution in [3.05, 3.63) is 0 Å². The van der Waals surface area contributed by atoms with Crippen molar-refractivity contribution >= 4 is 45.6 Å². The predicted molar refractivity (Wildman–Crippen MR) is 84.1 cm³/mol. The zero-order valence-corrected chi connectivity index (χ0v) is 14.2. The zero-order chi connectivity index (χ0) is 16.3. The first-order valence-corrected chi connectivity index (χ1v) is 8.45. The summed E-state index contributed by atoms with van der Waals surface area (Å²) < 4.78 is 4.50. The summed E-state index contributed by atoms with van der Waals surface area (Å²) in [6, 6.07) is 0. The lowest BCUT2D eigenvalue weighted by molar-refractivity contribution is -0.143. The molecular weight excluding hydrogens is 314 g/mol. The van der Waals surface area contributed by atoms with E-state index in [0.717, 1.165) is 23.5 Å². The van der Waals surface area contributed by atoms with Crippen LogP contribution in [-0.4, -0.2) is 58.7 Å². The molecule has 0 atom stereocenters. The Balaban J connectivity index is 4.32. The minimum atomic E-state index is -0.431. The number of rotatable bonds is 9. The third kappa shape index (κ3) is 11.3. The lowest BCUT2D eigenvalue weighted by Gasteiger charge is -2.22. The number of carbonyl (C=O) groups excluding carboxylic acids is 4. The predicted octanol–water partition coefficient (Wildman–Crippen LogP) is 1.33. The molecule has 0 aromatic rings. The summed E-state index contributed by atoms with van der Waals surface area (Å²) >= 11 is 2.29. The van der Waals surface area contributed by atoms with Crippen molar-refractivity contribution < 1.29 is 23.9 Å². The average molecular weight is 335 g/mol. The van der Waals surface area contributed by atoms with Crippen LogP contribution in [0.5, 0.6) is 0 Å². The highest BCUT2D eigenvalue weighted by Gasteiger charge is 2.15. The Kier molecular flexibility index (Phi) is 11.1. The van der Waals surface area contributed by atoms with Crippen LogP contribution in [0.4, 0.5) is 0 Å². The van der Waals surface area contributed by atoms with E-state index in [0.29, 0.717) is 24.6 Å². The van der Waals surface area contributed by atoms with E-state index in [1.807, 2.05) is 0 Å². The number of methoxy groups -OCH3 is 1. The molecular formula is C13H21NO5S2. The first-order chi connectivity index (χ1) is 9.86. The summed E-state index contributed by atoms with van der Waals surface area (Å²) in [5, 5.41) is -0.00913. The molecule has 21 heavy (non-hydrogen) atoms. The summed E-state index contributed by atoms with van der Waals surface area (Å²) in [6.45, 7) is 3.78. The van der Waals surface area contributed by atoms with E-state index in [2.05, 4.69) is 4.74 Å². The number of esters is 1. The van der Waals surface area contributed by atoms with Crippen molar-refractivity contribution in [2.45, 2.75) is 26.7 Å². The minimum absolute atomic E-state index is 0.00456. The van der Waals surface area contributed by atoms with Gasteiger partial charge in [-0.1, -0.05) is 23.5 Å². The average Bonchev–Trinajstić information content (AvgIpc) is 2.41. The van der Waals surface area contributed by atoms with Crippen molar-refractivity contribution in [1.82, 2.24) is 4.90 Å². The highest BCUT2D eigenvalue weighted by molar-refractivity contribution is 8.13. The van der Waals surface area contributed by atoms with Gasteiger partial charge in [-0.25, -0.2) is 0 Å². The fourth-order valence-electron chi connectivity index (χ4n) is 1.43. The lowest BCUT2D eigenvalue weighted by Crippen LogP contribution is -2.35. The molecule has 0 saturated carbocycles. The van der Waals surface area contributed by atoms with E-state index in [-0.39, 0.29) is 29.0 Å². The van der Waals surface area contributed by atoms with Crippen LogP contribution in [-0.2, 0) is 23.9 Å². The van der Waals surface area contributed by atoms with Gasteiger partial charge in [-0.2, -0.15) is 0 Å². The van der Waals surface area contributed by atoms with Gasteiger partial charge in [0.2, 0.25) is 5.91 Å². The Morgan fingerprint density at radius 1 is 0.905 bits per heavy atom. The molecule has 0 radical (unpaired) electrons. The number of amides is 1. The minimum Gasteiger partial charge on any atom is -0.469 e. The van der Waals surface area contributed by atoms with Crippen molar-refractivity contribution in [1.29, 1.82) is 0 Å². The Bertz CT molecular complexity index is 367. The fourth-order valence-corrected chi connectivity index (χ4v) is 2.63. The molecule has 0 saturated heterocycles. The standard InChI is InChI=1S/C13H21NO5S2/c1-10(15)20-8-6-14(7-9-21-11(2)16)12(17)4-5-13(18)19-3/h4-9H2,1-3H3. The van der Waals surface area contributed by atoms with Gasteiger partial charge in [0.1, 0.15) is 0 Å². The van der Waals surface area contributed by atoms with Gasteiger partial charge in [0, 0.05) is 44.9 Å². The van der Waals surface area contributed by atoms with Crippen LogP contribution in [0.2, 0.25) is 0 Å². The molecule has 8 heteroatoms. The number of nitrogens with zero attached hydrogens (tertiary/aromatic N) is 1. The number of hydrogen-bond donors (Lipinski definition) is 0. The van der Waals surface area contributed by atoms with Gasteiger partial charge >= 0.3 is 5.97 Å². The fraction of sp³-hybridized carbons (Fsp3) is 0.692. The second-order valence-electron chi connectivity index (χ2n) is 4.14. The van der Waals surface area contributed by atoms with Gasteiger partial charge in [0.05, 0.1) is 13.5 Å². The van der Waals surface area contributed by atoms with E-state index < -0.39 is 5.97 Å². The van der Waals surface area contributed by atoms with Crippen molar-refractivity contribution in [2.24, 2.45) is 0 Å². The smallest absolute Gasteiger partial charge is 0.306 e. The van der Waals surface area contributed by atoms with Crippen LogP contribution in [0.1, 0.15) is 26.7 Å². The van der Waals surface area contributed by atoms with Gasteiger partial charge in [-0.3, -0.25) is 19.2 Å². The third-order valence-electron chi connectivity index (χ3n) is 2.46. The van der Waals surface area contributed by atoms with Crippen LogP contribution in [0.25, 0.3) is 0 Å². The maximum absolute atomic E-state index is 12.0. The van der Waals surface area contributed by atoms with E-state index in [9.17, 15) is 19.2 Å². The van der Waals surface area contributed by atoms with E-state index >= 15 is 0 Å². The van der Waals surface area contributed by atoms with Crippen LogP contribution < -0.4 is 0 Å². The normalized spacial score (nSPS) is 10.0. The summed E-state index contributed by atoms with van der Waals surface area (Å²) in [4.78, 5) is 46.5. The second kappa shape index (κ2) is 11.6. The monoisotopic (exact) mass is 335 g/mol. The van der Waals surface area contributed by atoms with Crippen molar-refractivity contribution in [2.75, 3.05) is 31.7 Å². The summed E-state index contributed by atoms with van der Waals surface area (Å²) in [5.74, 6) is 0.405. The highest BCUT2D eigenvalue weighted by atomic mass is 32.2. The molecule has 0 rings (SSSR count). The Morgan fingerprint density at radius 3 is 1.76 bits per heavy atom. The van der Waals surface area contributed by atoms with Gasteiger partial charge in [0.15, 0.2) is 10.2 Å². The molecule has 0 N–H and O–H groups in total. The molecule has 0 aliphatic heterocycles. The molecule has 0 heterocycles. The molecule has 0 aromatic heterocycles. The van der Waals surface area contributed by atoms with E-state index in [1.165, 1.54) is 21.0 Å². The molecule has 0 unspecified atom stereocenters. The topological polar surface area (TPSA) is 80.8 Å². The number of thioether (sulfide) groups is 2. The Labute approximate surface area is 133 Å². The van der Waals surface area contributed by atoms with E-state index in [4.69, 9.17) is 0 Å². The zero-order valence-electron chi connectivity index (χ0n) is 12.5. The van der Waals surface area contributed by atoms with Gasteiger partial charge in [-0.05, 0) is 0 Å². The van der Waals surface area contributed by atoms with Gasteiger partial charge < -0.3 is 9.64 Å². The first kappa shape index (κ1) is 20.0. The maximum atomic E-state index is 12.0. The summed E-state index contributed by atoms with van der Waals surface area (Å²) in [5.41, 5.74) is 0. The number of ether oxygens (including phenoxy) is 1. The van der Waals surface area contributed by atoms with Crippen molar-refractivity contribution in [3.63, 3.8) is 0 Å². The molecule has 0 aliphatic carbocycles. The largest absolute Gasteiger partial charge is 0.469 e. The molecule has 0 spiro atoms. The molecule has 0 aromatic carbocycles. The maximum Gasteiger partial charge on any atom is 0.306 e. The molecule has 0 fully saturated rings. The van der Waals surface area contributed by atoms with Gasteiger partial charge in [-0.15, -0.1) is 0 Å².